The fourth-order valence-corrected chi connectivity index (χ4v) is 2.98. The van der Waals surface area contributed by atoms with Crippen LogP contribution in [0.2, 0.25) is 0 Å². The third-order valence-electron chi connectivity index (χ3n) is 3.35. The minimum Gasteiger partial charge on any atom is -0.497 e. The Morgan fingerprint density at radius 2 is 2.17 bits per heavy atom. The van der Waals surface area contributed by atoms with E-state index < -0.39 is 0 Å². The van der Waals surface area contributed by atoms with Gasteiger partial charge in [0.25, 0.3) is 0 Å². The van der Waals surface area contributed by atoms with Gasteiger partial charge in [0.1, 0.15) is 5.75 Å². The van der Waals surface area contributed by atoms with Crippen LogP contribution in [0.3, 0.4) is 0 Å². The van der Waals surface area contributed by atoms with Crippen LogP contribution in [0.4, 0.5) is 0 Å². The fraction of sp³-hybridized carbons (Fsp3) is 0.125. The van der Waals surface area contributed by atoms with E-state index >= 15 is 0 Å². The van der Waals surface area contributed by atoms with E-state index in [0.29, 0.717) is 17.3 Å². The molecule has 4 aromatic rings. The van der Waals surface area contributed by atoms with Crippen LogP contribution in [0.1, 0.15) is 5.69 Å². The van der Waals surface area contributed by atoms with Gasteiger partial charge in [-0.3, -0.25) is 0 Å². The average molecular weight is 327 g/mol. The van der Waals surface area contributed by atoms with Crippen LogP contribution in [0.15, 0.2) is 56.8 Å². The molecule has 3 aromatic heterocycles. The molecule has 1 aromatic carbocycles. The highest BCUT2D eigenvalue weighted by molar-refractivity contribution is 7.98. The van der Waals surface area contributed by atoms with Crippen LogP contribution >= 0.6 is 11.8 Å². The quantitative estimate of drug-likeness (QED) is 0.556. The molecule has 0 radical (unpaired) electrons. The lowest BCUT2D eigenvalue weighted by Gasteiger charge is -1.96. The number of ether oxygens (including phenoxy) is 1. The SMILES string of the molecule is COc1ccc2nc(SCc3cc(-c4ccco4)on3)[nH]c2c1. The number of fused-ring (bicyclic) bond motifs is 1. The maximum absolute atomic E-state index is 5.29. The lowest BCUT2D eigenvalue weighted by molar-refractivity contribution is 0.413. The van der Waals surface area contributed by atoms with Crippen molar-refractivity contribution in [3.63, 3.8) is 0 Å². The normalized spacial score (nSPS) is 11.2. The molecule has 6 nitrogen and oxygen atoms in total. The van der Waals surface area contributed by atoms with Crippen molar-refractivity contribution in [2.75, 3.05) is 7.11 Å². The van der Waals surface area contributed by atoms with Crippen LogP contribution in [-0.2, 0) is 5.75 Å². The van der Waals surface area contributed by atoms with Crippen molar-refractivity contribution in [2.45, 2.75) is 10.9 Å². The predicted octanol–water partition coefficient (Wildman–Crippen LogP) is 4.11. The van der Waals surface area contributed by atoms with Gasteiger partial charge < -0.3 is 18.7 Å². The summed E-state index contributed by atoms with van der Waals surface area (Å²) in [7, 11) is 1.65. The molecule has 4 rings (SSSR count). The molecule has 116 valence electrons. The van der Waals surface area contributed by atoms with Gasteiger partial charge in [-0.05, 0) is 24.3 Å². The Morgan fingerprint density at radius 1 is 1.22 bits per heavy atom. The second-order valence-corrected chi connectivity index (χ2v) is 5.84. The van der Waals surface area contributed by atoms with Crippen LogP contribution in [0.5, 0.6) is 5.75 Å². The highest BCUT2D eigenvalue weighted by atomic mass is 32.2. The molecule has 0 bridgehead atoms. The largest absolute Gasteiger partial charge is 0.497 e. The van der Waals surface area contributed by atoms with E-state index in [0.717, 1.165) is 27.6 Å². The summed E-state index contributed by atoms with van der Waals surface area (Å²) >= 11 is 1.56. The van der Waals surface area contributed by atoms with Gasteiger partial charge in [0.2, 0.25) is 5.76 Å². The number of aromatic amines is 1. The number of furan rings is 1. The molecule has 0 aliphatic rings. The van der Waals surface area contributed by atoms with Gasteiger partial charge >= 0.3 is 0 Å². The standard InChI is InChI=1S/C16H13N3O3S/c1-20-11-4-5-12-13(8-11)18-16(17-12)23-9-10-7-15(22-19-10)14-3-2-6-21-14/h2-8H,9H2,1H3,(H,17,18). The Morgan fingerprint density at radius 3 is 3.00 bits per heavy atom. The Kier molecular flexibility index (Phi) is 3.55. The summed E-state index contributed by atoms with van der Waals surface area (Å²) in [4.78, 5) is 7.80. The maximum Gasteiger partial charge on any atom is 0.202 e. The number of aromatic nitrogens is 3. The fourth-order valence-electron chi connectivity index (χ4n) is 2.22. The van der Waals surface area contributed by atoms with Crippen LogP contribution in [0.25, 0.3) is 22.6 Å². The number of nitrogens with zero attached hydrogens (tertiary/aromatic N) is 2. The molecule has 0 atom stereocenters. The van der Waals surface area contributed by atoms with Crippen molar-refractivity contribution in [3.8, 4) is 17.3 Å². The van der Waals surface area contributed by atoms with Crippen molar-refractivity contribution in [1.82, 2.24) is 15.1 Å². The van der Waals surface area contributed by atoms with Gasteiger partial charge in [-0.25, -0.2) is 4.98 Å². The molecule has 0 spiro atoms. The molecule has 0 aliphatic carbocycles. The van der Waals surface area contributed by atoms with E-state index in [-0.39, 0.29) is 0 Å². The van der Waals surface area contributed by atoms with Crippen molar-refractivity contribution >= 4 is 22.8 Å². The molecule has 3 heterocycles. The first-order chi connectivity index (χ1) is 11.3. The van der Waals surface area contributed by atoms with Crippen molar-refractivity contribution in [1.29, 1.82) is 0 Å². The zero-order valence-electron chi connectivity index (χ0n) is 12.3. The lowest BCUT2D eigenvalue weighted by Crippen LogP contribution is -1.81. The van der Waals surface area contributed by atoms with Crippen molar-refractivity contribution in [2.24, 2.45) is 0 Å². The Bertz CT molecular complexity index is 927. The van der Waals surface area contributed by atoms with Gasteiger partial charge in [0.15, 0.2) is 10.9 Å². The van der Waals surface area contributed by atoms with Gasteiger partial charge in [0.05, 0.1) is 30.1 Å². The number of imidazole rings is 1. The van der Waals surface area contributed by atoms with E-state index in [1.807, 2.05) is 36.4 Å². The Labute approximate surface area is 135 Å². The number of hydrogen-bond donors (Lipinski definition) is 1. The molecule has 0 aliphatic heterocycles. The summed E-state index contributed by atoms with van der Waals surface area (Å²) in [6.07, 6.45) is 1.61. The van der Waals surface area contributed by atoms with Gasteiger partial charge in [-0.2, -0.15) is 0 Å². The van der Waals surface area contributed by atoms with Gasteiger partial charge in [-0.1, -0.05) is 16.9 Å². The molecule has 0 amide bonds. The van der Waals surface area contributed by atoms with E-state index in [1.54, 1.807) is 25.1 Å². The van der Waals surface area contributed by atoms with Crippen molar-refractivity contribution < 1.29 is 13.7 Å². The van der Waals surface area contributed by atoms with Crippen LogP contribution in [-0.4, -0.2) is 22.2 Å². The number of hydrogen-bond acceptors (Lipinski definition) is 6. The van der Waals surface area contributed by atoms with E-state index in [2.05, 4.69) is 15.1 Å². The molecule has 0 saturated heterocycles. The molecule has 0 saturated carbocycles. The Balaban J connectivity index is 1.48. The Hall–Kier alpha value is -2.67. The molecule has 7 heteroatoms. The monoisotopic (exact) mass is 327 g/mol. The summed E-state index contributed by atoms with van der Waals surface area (Å²) < 4.78 is 15.8. The highest BCUT2D eigenvalue weighted by Crippen LogP contribution is 2.27. The minimum atomic E-state index is 0.625. The molecular formula is C16H13N3O3S. The van der Waals surface area contributed by atoms with E-state index in [9.17, 15) is 0 Å². The number of nitrogens with one attached hydrogen (secondary N) is 1. The van der Waals surface area contributed by atoms with Gasteiger partial charge in [0, 0.05) is 17.9 Å². The second-order valence-electron chi connectivity index (χ2n) is 4.87. The number of rotatable bonds is 5. The molecule has 23 heavy (non-hydrogen) atoms. The summed E-state index contributed by atoms with van der Waals surface area (Å²) in [5.74, 6) is 2.75. The summed E-state index contributed by atoms with van der Waals surface area (Å²) in [6, 6.07) is 11.3. The summed E-state index contributed by atoms with van der Waals surface area (Å²) in [6.45, 7) is 0. The van der Waals surface area contributed by atoms with Gasteiger partial charge in [-0.15, -0.1) is 0 Å². The first-order valence-electron chi connectivity index (χ1n) is 6.98. The summed E-state index contributed by atoms with van der Waals surface area (Å²) in [5.41, 5.74) is 2.69. The van der Waals surface area contributed by atoms with Crippen LogP contribution < -0.4 is 4.74 Å². The molecule has 0 fully saturated rings. The highest BCUT2D eigenvalue weighted by Gasteiger charge is 2.11. The van der Waals surface area contributed by atoms with E-state index in [4.69, 9.17) is 13.7 Å². The second kappa shape index (κ2) is 5.85. The molecule has 0 unspecified atom stereocenters. The predicted molar refractivity (Wildman–Crippen MR) is 86.4 cm³/mol. The first kappa shape index (κ1) is 14.0. The summed E-state index contributed by atoms with van der Waals surface area (Å²) in [5, 5.41) is 4.88. The zero-order valence-corrected chi connectivity index (χ0v) is 13.1. The van der Waals surface area contributed by atoms with Crippen molar-refractivity contribution in [3.05, 3.63) is 48.4 Å². The number of benzene rings is 1. The maximum atomic E-state index is 5.29. The molecule has 1 N–H and O–H groups in total. The molecular weight excluding hydrogens is 314 g/mol. The lowest BCUT2D eigenvalue weighted by atomic mass is 10.3. The minimum absolute atomic E-state index is 0.625. The zero-order chi connectivity index (χ0) is 15.6. The van der Waals surface area contributed by atoms with E-state index in [1.165, 1.54) is 0 Å². The number of H-pyrrole nitrogens is 1. The third kappa shape index (κ3) is 2.83. The number of methoxy groups -OCH3 is 1. The first-order valence-corrected chi connectivity index (χ1v) is 7.96. The van der Waals surface area contributed by atoms with Crippen LogP contribution in [0, 0.1) is 0 Å². The average Bonchev–Trinajstić information content (AvgIpc) is 3.30. The number of thioether (sulfide) groups is 1. The smallest absolute Gasteiger partial charge is 0.202 e. The topological polar surface area (TPSA) is 77.1 Å². The third-order valence-corrected chi connectivity index (χ3v) is 4.25.